The van der Waals surface area contributed by atoms with Crippen molar-refractivity contribution in [2.45, 2.75) is 19.2 Å². The van der Waals surface area contributed by atoms with Gasteiger partial charge in [-0.15, -0.1) is 0 Å². The van der Waals surface area contributed by atoms with Gasteiger partial charge in [-0.1, -0.05) is 5.92 Å². The van der Waals surface area contributed by atoms with Crippen LogP contribution in [0.2, 0.25) is 0 Å². The number of nitrogens with zero attached hydrogens (tertiary/aromatic N) is 2. The summed E-state index contributed by atoms with van der Waals surface area (Å²) in [6, 6.07) is 0.757. The molecular formula is C9H7F3N2O. The highest BCUT2D eigenvalue weighted by molar-refractivity contribution is 5.23. The van der Waals surface area contributed by atoms with Gasteiger partial charge in [0.05, 0.1) is 0 Å². The highest BCUT2D eigenvalue weighted by atomic mass is 19.4. The zero-order chi connectivity index (χ0) is 11.5. The van der Waals surface area contributed by atoms with Crippen molar-refractivity contribution in [2.75, 3.05) is 0 Å². The van der Waals surface area contributed by atoms with Gasteiger partial charge >= 0.3 is 6.18 Å². The lowest BCUT2D eigenvalue weighted by molar-refractivity contribution is -0.141. The van der Waals surface area contributed by atoms with E-state index >= 15 is 0 Å². The van der Waals surface area contributed by atoms with Crippen LogP contribution in [0.4, 0.5) is 13.2 Å². The first-order valence-electron chi connectivity index (χ1n) is 3.99. The Hall–Kier alpha value is -1.61. The summed E-state index contributed by atoms with van der Waals surface area (Å²) in [5.74, 6) is 4.23. The second kappa shape index (κ2) is 4.28. The molecule has 0 spiro atoms. The van der Waals surface area contributed by atoms with Crippen LogP contribution in [-0.4, -0.2) is 21.2 Å². The molecule has 0 fully saturated rings. The smallest absolute Gasteiger partial charge is 0.381 e. The fourth-order valence-electron chi connectivity index (χ4n) is 0.746. The van der Waals surface area contributed by atoms with Crippen LogP contribution in [0.1, 0.15) is 18.4 Å². The molecule has 0 aromatic carbocycles. The van der Waals surface area contributed by atoms with Crippen LogP contribution in [-0.2, 0) is 6.18 Å². The van der Waals surface area contributed by atoms with Crippen LogP contribution in [0.3, 0.4) is 0 Å². The van der Waals surface area contributed by atoms with E-state index in [1.807, 2.05) is 0 Å². The number of aliphatic hydroxyl groups excluding tert-OH is 1. The molecule has 15 heavy (non-hydrogen) atoms. The molecule has 0 aliphatic heterocycles. The molecule has 1 rings (SSSR count). The first-order chi connectivity index (χ1) is 6.89. The standard InChI is InChI=1S/C9H7F3N2O/c1-6(15)2-3-8-13-5-4-7(14-8)9(10,11)12/h4-6,15H,1H3/t6-/m1/s1. The first kappa shape index (κ1) is 11.5. The highest BCUT2D eigenvalue weighted by Gasteiger charge is 2.32. The molecule has 80 valence electrons. The topological polar surface area (TPSA) is 46.0 Å². The normalized spacial score (nSPS) is 12.9. The molecule has 0 saturated heterocycles. The maximum absolute atomic E-state index is 12.2. The number of rotatable bonds is 0. The lowest BCUT2D eigenvalue weighted by Crippen LogP contribution is -2.09. The quantitative estimate of drug-likeness (QED) is 0.663. The number of hydrogen-bond acceptors (Lipinski definition) is 3. The van der Waals surface area contributed by atoms with Crippen molar-refractivity contribution in [1.29, 1.82) is 0 Å². The predicted molar refractivity (Wildman–Crippen MR) is 45.6 cm³/mol. The molecule has 0 amide bonds. The first-order valence-corrected chi connectivity index (χ1v) is 3.99. The van der Waals surface area contributed by atoms with Crippen LogP contribution in [0, 0.1) is 11.8 Å². The Kier molecular flexibility index (Phi) is 3.27. The highest BCUT2D eigenvalue weighted by Crippen LogP contribution is 2.26. The van der Waals surface area contributed by atoms with Gasteiger partial charge in [-0.05, 0) is 18.9 Å². The summed E-state index contributed by atoms with van der Waals surface area (Å²) in [5, 5.41) is 8.79. The van der Waals surface area contributed by atoms with Gasteiger partial charge in [-0.2, -0.15) is 13.2 Å². The lowest BCUT2D eigenvalue weighted by atomic mass is 10.3. The Labute approximate surface area is 84.0 Å². The predicted octanol–water partition coefficient (Wildman–Crippen LogP) is 1.23. The van der Waals surface area contributed by atoms with E-state index in [1.54, 1.807) is 0 Å². The molecule has 0 aliphatic rings. The summed E-state index contributed by atoms with van der Waals surface area (Å²) in [6.07, 6.45) is -4.46. The van der Waals surface area contributed by atoms with Gasteiger partial charge in [0, 0.05) is 6.20 Å². The van der Waals surface area contributed by atoms with E-state index in [9.17, 15) is 13.2 Å². The van der Waals surface area contributed by atoms with Gasteiger partial charge in [0.1, 0.15) is 11.8 Å². The summed E-state index contributed by atoms with van der Waals surface area (Å²) < 4.78 is 36.5. The van der Waals surface area contributed by atoms with Crippen molar-refractivity contribution in [3.05, 3.63) is 23.8 Å². The van der Waals surface area contributed by atoms with Crippen LogP contribution in [0.15, 0.2) is 12.3 Å². The molecule has 0 saturated carbocycles. The Morgan fingerprint density at radius 3 is 2.67 bits per heavy atom. The van der Waals surface area contributed by atoms with Crippen LogP contribution in [0.5, 0.6) is 0 Å². The molecule has 1 N–H and O–H groups in total. The Balaban J connectivity index is 3.00. The van der Waals surface area contributed by atoms with Crippen molar-refractivity contribution >= 4 is 0 Å². The molecule has 0 radical (unpaired) electrons. The molecule has 0 aliphatic carbocycles. The van der Waals surface area contributed by atoms with Crippen molar-refractivity contribution in [3.63, 3.8) is 0 Å². The monoisotopic (exact) mass is 216 g/mol. The molecule has 0 unspecified atom stereocenters. The minimum Gasteiger partial charge on any atom is -0.381 e. The van der Waals surface area contributed by atoms with Gasteiger partial charge in [0.15, 0.2) is 0 Å². The summed E-state index contributed by atoms with van der Waals surface area (Å²) in [7, 11) is 0. The Morgan fingerprint density at radius 2 is 2.13 bits per heavy atom. The molecule has 1 aromatic rings. The molecule has 1 heterocycles. The van der Waals surface area contributed by atoms with Crippen molar-refractivity contribution in [1.82, 2.24) is 9.97 Å². The molecule has 1 aromatic heterocycles. The molecule has 3 nitrogen and oxygen atoms in total. The third-order valence-corrected chi connectivity index (χ3v) is 1.34. The molecular weight excluding hydrogens is 209 g/mol. The largest absolute Gasteiger partial charge is 0.433 e. The molecule has 6 heteroatoms. The van der Waals surface area contributed by atoms with E-state index < -0.39 is 18.0 Å². The fraction of sp³-hybridized carbons (Fsp3) is 0.333. The van der Waals surface area contributed by atoms with Crippen LogP contribution < -0.4 is 0 Å². The van der Waals surface area contributed by atoms with E-state index in [4.69, 9.17) is 5.11 Å². The zero-order valence-electron chi connectivity index (χ0n) is 7.71. The van der Waals surface area contributed by atoms with E-state index in [2.05, 4.69) is 21.8 Å². The minimum atomic E-state index is -4.51. The maximum atomic E-state index is 12.2. The summed E-state index contributed by atoms with van der Waals surface area (Å²) in [5.41, 5.74) is -1.05. The van der Waals surface area contributed by atoms with Crippen LogP contribution >= 0.6 is 0 Å². The van der Waals surface area contributed by atoms with Crippen molar-refractivity contribution in [2.24, 2.45) is 0 Å². The second-order valence-electron chi connectivity index (χ2n) is 2.71. The third kappa shape index (κ3) is 3.56. The Morgan fingerprint density at radius 1 is 1.47 bits per heavy atom. The molecule has 0 bridgehead atoms. The van der Waals surface area contributed by atoms with Gasteiger partial charge in [0.25, 0.3) is 0 Å². The van der Waals surface area contributed by atoms with Crippen LogP contribution in [0.25, 0.3) is 0 Å². The van der Waals surface area contributed by atoms with E-state index in [0.29, 0.717) is 0 Å². The Bertz CT molecular complexity index is 404. The van der Waals surface area contributed by atoms with Gasteiger partial charge in [-0.3, -0.25) is 0 Å². The van der Waals surface area contributed by atoms with E-state index in [0.717, 1.165) is 12.3 Å². The average molecular weight is 216 g/mol. The number of aromatic nitrogens is 2. The minimum absolute atomic E-state index is 0.259. The van der Waals surface area contributed by atoms with E-state index in [1.165, 1.54) is 6.92 Å². The summed E-state index contributed by atoms with van der Waals surface area (Å²) in [6.45, 7) is 1.39. The summed E-state index contributed by atoms with van der Waals surface area (Å²) >= 11 is 0. The number of alkyl halides is 3. The second-order valence-corrected chi connectivity index (χ2v) is 2.71. The van der Waals surface area contributed by atoms with Gasteiger partial charge in [-0.25, -0.2) is 9.97 Å². The third-order valence-electron chi connectivity index (χ3n) is 1.34. The average Bonchev–Trinajstić information content (AvgIpc) is 2.14. The lowest BCUT2D eigenvalue weighted by Gasteiger charge is -2.03. The maximum Gasteiger partial charge on any atom is 0.433 e. The number of aliphatic hydroxyl groups is 1. The van der Waals surface area contributed by atoms with E-state index in [-0.39, 0.29) is 5.82 Å². The van der Waals surface area contributed by atoms with Crippen molar-refractivity contribution < 1.29 is 18.3 Å². The van der Waals surface area contributed by atoms with Gasteiger partial charge < -0.3 is 5.11 Å². The number of halogens is 3. The van der Waals surface area contributed by atoms with Gasteiger partial charge in [0.2, 0.25) is 5.82 Å². The molecule has 1 atom stereocenters. The van der Waals surface area contributed by atoms with Crippen molar-refractivity contribution in [3.8, 4) is 11.8 Å². The number of hydrogen-bond donors (Lipinski definition) is 1. The fourth-order valence-corrected chi connectivity index (χ4v) is 0.746. The summed E-state index contributed by atoms with van der Waals surface area (Å²) in [4.78, 5) is 6.72. The SMILES string of the molecule is C[C@@H](O)C#Cc1nccc(C(F)(F)F)n1. The zero-order valence-corrected chi connectivity index (χ0v) is 7.71.